The van der Waals surface area contributed by atoms with Gasteiger partial charge in [0.05, 0.1) is 0 Å². The molecule has 1 aromatic rings. The van der Waals surface area contributed by atoms with E-state index in [1.165, 1.54) is 35.5 Å². The molecule has 2 heterocycles. The number of carbonyl (C=O) groups excluding carboxylic acids is 1. The molecule has 32 heavy (non-hydrogen) atoms. The summed E-state index contributed by atoms with van der Waals surface area (Å²) in [5, 5.41) is 2.88. The van der Waals surface area contributed by atoms with Crippen molar-refractivity contribution in [3.63, 3.8) is 0 Å². The Kier molecular flexibility index (Phi) is 6.33. The maximum atomic E-state index is 13.2. The van der Waals surface area contributed by atoms with Gasteiger partial charge >= 0.3 is 5.57 Å². The first kappa shape index (κ1) is 23.5. The molecule has 3 aliphatic rings. The third-order valence-corrected chi connectivity index (χ3v) is 7.41. The molecule has 1 amide bonds. The van der Waals surface area contributed by atoms with Crippen molar-refractivity contribution in [2.45, 2.75) is 48.7 Å². The first-order valence-corrected chi connectivity index (χ1v) is 11.9. The Balaban J connectivity index is 1.49. The number of hydrogen-bond acceptors (Lipinski definition) is 4. The van der Waals surface area contributed by atoms with Crippen molar-refractivity contribution >= 4 is 39.1 Å². The van der Waals surface area contributed by atoms with E-state index in [-0.39, 0.29) is 11.7 Å². The number of fused-ring (bicyclic) bond motifs is 2. The summed E-state index contributed by atoms with van der Waals surface area (Å²) in [6, 6.07) is 6.49. The highest BCUT2D eigenvalue weighted by Gasteiger charge is 2.48. The Morgan fingerprint density at radius 1 is 1.34 bits per heavy atom. The normalized spacial score (nSPS) is 28.1. The van der Waals surface area contributed by atoms with Crippen LogP contribution < -0.4 is 10.1 Å². The molecule has 3 unspecified atom stereocenters. The van der Waals surface area contributed by atoms with Gasteiger partial charge in [0.25, 0.3) is 0 Å². The fraction of sp³-hybridized carbons (Fsp3) is 0.522. The molecule has 0 spiro atoms. The maximum Gasteiger partial charge on any atom is 0.487 e. The quantitative estimate of drug-likeness (QED) is 0.533. The smallest absolute Gasteiger partial charge is 0.420 e. The fourth-order valence-electron chi connectivity index (χ4n) is 5.07. The highest BCUT2D eigenvalue weighted by atomic mass is 79.9. The number of ether oxygens (including phenoxy) is 1. The average molecular weight is 531 g/mol. The van der Waals surface area contributed by atoms with Crippen molar-refractivity contribution in [1.82, 2.24) is 9.80 Å². The molecule has 0 saturated carbocycles. The highest BCUT2D eigenvalue weighted by molar-refractivity contribution is 9.10. The van der Waals surface area contributed by atoms with Gasteiger partial charge in [-0.3, -0.25) is 4.79 Å². The molecule has 1 saturated heterocycles. The second-order valence-corrected chi connectivity index (χ2v) is 10.9. The number of halogens is 4. The van der Waals surface area contributed by atoms with Crippen LogP contribution in [0.2, 0.25) is 0 Å². The topological polar surface area (TPSA) is 44.8 Å². The lowest BCUT2D eigenvalue weighted by Gasteiger charge is -2.41. The number of allylic oxidation sites excluding steroid dienone is 1. The summed E-state index contributed by atoms with van der Waals surface area (Å²) < 4.78 is 29.0. The Morgan fingerprint density at radius 3 is 2.66 bits per heavy atom. The van der Waals surface area contributed by atoms with Crippen molar-refractivity contribution in [1.29, 1.82) is 0 Å². The minimum Gasteiger partial charge on any atom is -0.420 e. The van der Waals surface area contributed by atoms with Crippen LogP contribution in [0, 0.1) is 5.92 Å². The molecule has 0 aromatic heterocycles. The molecule has 0 radical (unpaired) electrons. The van der Waals surface area contributed by atoms with Gasteiger partial charge in [-0.15, -0.1) is 8.78 Å². The largest absolute Gasteiger partial charge is 0.487 e. The summed E-state index contributed by atoms with van der Waals surface area (Å²) in [7, 11) is 2.16. The molecule has 1 fully saturated rings. The van der Waals surface area contributed by atoms with Crippen molar-refractivity contribution < 1.29 is 18.3 Å². The van der Waals surface area contributed by atoms with Crippen LogP contribution in [-0.4, -0.2) is 57.8 Å². The van der Waals surface area contributed by atoms with Gasteiger partial charge in [0.15, 0.2) is 0 Å². The molecule has 174 valence electrons. The summed E-state index contributed by atoms with van der Waals surface area (Å²) in [5.74, 6) is 0.146. The number of hydrogen-bond donors (Lipinski definition) is 1. The number of anilines is 1. The van der Waals surface area contributed by atoms with Gasteiger partial charge in [0.1, 0.15) is 10.1 Å². The monoisotopic (exact) mass is 529 g/mol. The summed E-state index contributed by atoms with van der Waals surface area (Å²) in [5.41, 5.74) is -0.712. The third kappa shape index (κ3) is 4.68. The molecule has 5 nitrogen and oxygen atoms in total. The van der Waals surface area contributed by atoms with Crippen LogP contribution in [0.25, 0.3) is 0 Å². The Labute approximate surface area is 200 Å². The maximum absolute atomic E-state index is 13.2. The molecular weight excluding hydrogens is 504 g/mol. The fourth-order valence-corrected chi connectivity index (χ4v) is 5.69. The predicted molar refractivity (Wildman–Crippen MR) is 125 cm³/mol. The molecule has 1 aliphatic carbocycles. The SMILES string of the molecule is CC(C)N1C2=C(CC(Br)(C(=O)Nc3ccc(OC(F)(F)Cl)cc3)C=C2)C2CCN(C)CC21. The Hall–Kier alpha value is -1.64. The number of alkyl halides is 4. The zero-order chi connectivity index (χ0) is 23.3. The van der Waals surface area contributed by atoms with Crippen molar-refractivity contribution in [2.75, 3.05) is 25.5 Å². The van der Waals surface area contributed by atoms with Crippen LogP contribution in [0.5, 0.6) is 5.75 Å². The Bertz CT molecular complexity index is 948. The van der Waals surface area contributed by atoms with Gasteiger partial charge in [0.2, 0.25) is 5.91 Å². The highest BCUT2D eigenvalue weighted by Crippen LogP contribution is 2.48. The number of nitrogens with zero attached hydrogens (tertiary/aromatic N) is 2. The van der Waals surface area contributed by atoms with E-state index in [0.29, 0.717) is 30.1 Å². The minimum absolute atomic E-state index is 0.0862. The van der Waals surface area contributed by atoms with Crippen LogP contribution in [0.4, 0.5) is 14.5 Å². The van der Waals surface area contributed by atoms with Gasteiger partial charge < -0.3 is 19.9 Å². The van der Waals surface area contributed by atoms with E-state index in [2.05, 4.69) is 62.8 Å². The molecular formula is C23H27BrClF2N3O2. The first-order chi connectivity index (χ1) is 15.0. The number of amides is 1. The standard InChI is InChI=1S/C23H27BrClF2N3O2/c1-14(2)30-19-8-10-22(24,12-18(19)17-9-11-29(3)13-20(17)30)21(31)28-15-4-6-16(7-5-15)32-23(25,26)27/h4-8,10,14,17,20H,9,11-13H2,1-3H3,(H,28,31). The summed E-state index contributed by atoms with van der Waals surface area (Å²) >= 11 is 8.48. The van der Waals surface area contributed by atoms with E-state index in [4.69, 9.17) is 11.6 Å². The van der Waals surface area contributed by atoms with E-state index in [1.807, 2.05) is 6.08 Å². The lowest BCUT2D eigenvalue weighted by atomic mass is 9.81. The molecule has 9 heteroatoms. The van der Waals surface area contributed by atoms with Gasteiger partial charge in [-0.05, 0) is 76.2 Å². The first-order valence-electron chi connectivity index (χ1n) is 10.7. The van der Waals surface area contributed by atoms with E-state index in [0.717, 1.165) is 19.5 Å². The Morgan fingerprint density at radius 2 is 2.03 bits per heavy atom. The van der Waals surface area contributed by atoms with Crippen molar-refractivity contribution in [3.05, 3.63) is 47.7 Å². The average Bonchev–Trinajstić information content (AvgIpc) is 3.00. The minimum atomic E-state index is -3.78. The number of likely N-dealkylation sites (tertiary alicyclic amines) is 1. The zero-order valence-corrected chi connectivity index (χ0v) is 20.6. The number of rotatable bonds is 5. The van der Waals surface area contributed by atoms with Crippen molar-refractivity contribution in [3.8, 4) is 5.75 Å². The van der Waals surface area contributed by atoms with Gasteiger partial charge in [0, 0.05) is 47.5 Å². The summed E-state index contributed by atoms with van der Waals surface area (Å²) in [6.45, 7) is 6.49. The third-order valence-electron chi connectivity index (χ3n) is 6.43. The van der Waals surface area contributed by atoms with E-state index < -0.39 is 9.89 Å². The molecule has 0 bridgehead atoms. The lowest BCUT2D eigenvalue weighted by Crippen LogP contribution is -2.49. The van der Waals surface area contributed by atoms with Crippen LogP contribution in [0.3, 0.4) is 0 Å². The number of benzene rings is 1. The molecule has 2 aliphatic heterocycles. The van der Waals surface area contributed by atoms with Crippen LogP contribution in [-0.2, 0) is 4.79 Å². The number of carbonyl (C=O) groups is 1. The number of piperidine rings is 1. The molecule has 1 N–H and O–H groups in total. The number of nitrogens with one attached hydrogen (secondary N) is 1. The van der Waals surface area contributed by atoms with Gasteiger partial charge in [-0.25, -0.2) is 0 Å². The summed E-state index contributed by atoms with van der Waals surface area (Å²) in [6.07, 6.45) is 5.67. The van der Waals surface area contributed by atoms with Crippen molar-refractivity contribution in [2.24, 2.45) is 5.92 Å². The van der Waals surface area contributed by atoms with E-state index in [9.17, 15) is 13.6 Å². The van der Waals surface area contributed by atoms with Gasteiger partial charge in [-0.1, -0.05) is 22.0 Å². The summed E-state index contributed by atoms with van der Waals surface area (Å²) in [4.78, 5) is 18.1. The van der Waals surface area contributed by atoms with Crippen LogP contribution in [0.1, 0.15) is 26.7 Å². The molecule has 3 atom stereocenters. The molecule has 4 rings (SSSR count). The zero-order valence-electron chi connectivity index (χ0n) is 18.2. The lowest BCUT2D eigenvalue weighted by molar-refractivity contribution is -0.117. The van der Waals surface area contributed by atoms with Crippen LogP contribution >= 0.6 is 27.5 Å². The van der Waals surface area contributed by atoms with E-state index >= 15 is 0 Å². The van der Waals surface area contributed by atoms with E-state index in [1.54, 1.807) is 0 Å². The van der Waals surface area contributed by atoms with Crippen LogP contribution in [0.15, 0.2) is 47.7 Å². The number of likely N-dealkylation sites (N-methyl/N-ethyl adjacent to an activating group) is 1. The van der Waals surface area contributed by atoms with Gasteiger partial charge in [-0.2, -0.15) is 0 Å². The molecule has 1 aromatic carbocycles. The predicted octanol–water partition coefficient (Wildman–Crippen LogP) is 5.19. The second kappa shape index (κ2) is 8.61. The second-order valence-electron chi connectivity index (χ2n) is 9.04.